The summed E-state index contributed by atoms with van der Waals surface area (Å²) in [6, 6.07) is 26.1. The SMILES string of the molecule is CCCCCCCCn1c(C)c(-c2ccc(C(=O)c3ccc(-c4c(C)n(CCCCCCCC)c5ccccc45)cc3C(=O)O)c(C(=O)O)c2)c2ccccc21. The van der Waals surface area contributed by atoms with Gasteiger partial charge in [-0.3, -0.25) is 4.79 Å². The Morgan fingerprint density at radius 1 is 0.482 bits per heavy atom. The van der Waals surface area contributed by atoms with Crippen LogP contribution in [0.4, 0.5) is 0 Å². The first-order valence-electron chi connectivity index (χ1n) is 20.6. The van der Waals surface area contributed by atoms with Gasteiger partial charge < -0.3 is 19.3 Å². The van der Waals surface area contributed by atoms with Gasteiger partial charge in [-0.1, -0.05) is 127 Å². The third-order valence-corrected chi connectivity index (χ3v) is 11.5. The molecule has 56 heavy (non-hydrogen) atoms. The van der Waals surface area contributed by atoms with E-state index in [-0.39, 0.29) is 22.3 Å². The molecule has 0 aliphatic heterocycles. The molecule has 0 atom stereocenters. The summed E-state index contributed by atoms with van der Waals surface area (Å²) in [4.78, 5) is 39.9. The Labute approximate surface area is 331 Å². The molecule has 6 aromatic rings. The summed E-state index contributed by atoms with van der Waals surface area (Å²) in [6.07, 6.45) is 14.3. The topological polar surface area (TPSA) is 102 Å². The van der Waals surface area contributed by atoms with Gasteiger partial charge in [0, 0.05) is 68.5 Å². The number of rotatable bonds is 20. The smallest absolute Gasteiger partial charge is 0.336 e. The van der Waals surface area contributed by atoms with Crippen LogP contribution >= 0.6 is 0 Å². The predicted octanol–water partition coefficient (Wildman–Crippen LogP) is 12.9. The fourth-order valence-corrected chi connectivity index (χ4v) is 8.56. The van der Waals surface area contributed by atoms with E-state index in [2.05, 4.69) is 61.1 Å². The van der Waals surface area contributed by atoms with Crippen LogP contribution in [0.3, 0.4) is 0 Å². The summed E-state index contributed by atoms with van der Waals surface area (Å²) in [5.41, 5.74) is 7.16. The molecule has 2 N–H and O–H groups in total. The Bertz CT molecular complexity index is 2200. The molecular formula is C49H56N2O5. The molecule has 0 fully saturated rings. The highest BCUT2D eigenvalue weighted by Gasteiger charge is 2.26. The molecule has 0 bridgehead atoms. The van der Waals surface area contributed by atoms with Gasteiger partial charge in [0.05, 0.1) is 11.1 Å². The van der Waals surface area contributed by atoms with Crippen LogP contribution in [0, 0.1) is 13.8 Å². The molecular weight excluding hydrogens is 697 g/mol. The van der Waals surface area contributed by atoms with Crippen molar-refractivity contribution in [1.82, 2.24) is 9.13 Å². The molecule has 0 spiro atoms. The maximum absolute atomic E-state index is 14.2. The van der Waals surface area contributed by atoms with E-state index in [1.54, 1.807) is 36.4 Å². The van der Waals surface area contributed by atoms with Crippen LogP contribution in [-0.4, -0.2) is 37.1 Å². The summed E-state index contributed by atoms with van der Waals surface area (Å²) in [6.45, 7) is 10.3. The number of benzene rings is 4. The van der Waals surface area contributed by atoms with Gasteiger partial charge in [0.15, 0.2) is 5.78 Å². The molecule has 4 aromatic carbocycles. The molecule has 7 heteroatoms. The minimum atomic E-state index is -1.24. The fourth-order valence-electron chi connectivity index (χ4n) is 8.56. The second kappa shape index (κ2) is 18.5. The van der Waals surface area contributed by atoms with Crippen molar-refractivity contribution in [3.63, 3.8) is 0 Å². The van der Waals surface area contributed by atoms with Crippen LogP contribution in [-0.2, 0) is 13.1 Å². The predicted molar refractivity (Wildman–Crippen MR) is 228 cm³/mol. The van der Waals surface area contributed by atoms with Crippen LogP contribution in [0.25, 0.3) is 44.1 Å². The largest absolute Gasteiger partial charge is 0.478 e. The molecule has 0 saturated carbocycles. The van der Waals surface area contributed by atoms with E-state index in [0.29, 0.717) is 11.1 Å². The summed E-state index contributed by atoms with van der Waals surface area (Å²) in [7, 11) is 0. The van der Waals surface area contributed by atoms with E-state index in [4.69, 9.17) is 0 Å². The lowest BCUT2D eigenvalue weighted by Crippen LogP contribution is -2.14. The number of ketones is 1. The summed E-state index contributed by atoms with van der Waals surface area (Å²) in [5.74, 6) is -3.13. The van der Waals surface area contributed by atoms with Gasteiger partial charge in [-0.05, 0) is 74.2 Å². The van der Waals surface area contributed by atoms with Gasteiger partial charge in [-0.25, -0.2) is 9.59 Å². The zero-order chi connectivity index (χ0) is 39.8. The minimum Gasteiger partial charge on any atom is -0.478 e. The highest BCUT2D eigenvalue weighted by molar-refractivity contribution is 6.19. The van der Waals surface area contributed by atoms with Crippen LogP contribution in [0.2, 0.25) is 0 Å². The molecule has 0 aliphatic carbocycles. The lowest BCUT2D eigenvalue weighted by atomic mass is 9.90. The van der Waals surface area contributed by atoms with Crippen molar-refractivity contribution >= 4 is 39.5 Å². The van der Waals surface area contributed by atoms with Crippen molar-refractivity contribution in [1.29, 1.82) is 0 Å². The Kier molecular flexibility index (Phi) is 13.3. The van der Waals surface area contributed by atoms with Gasteiger partial charge >= 0.3 is 11.9 Å². The number of aromatic carboxylic acids is 2. The lowest BCUT2D eigenvalue weighted by molar-refractivity contribution is 0.0686. The van der Waals surface area contributed by atoms with E-state index in [9.17, 15) is 24.6 Å². The van der Waals surface area contributed by atoms with Gasteiger partial charge in [0.25, 0.3) is 0 Å². The number of fused-ring (bicyclic) bond motifs is 2. The maximum Gasteiger partial charge on any atom is 0.336 e. The number of carboxylic acid groups (broad SMARTS) is 2. The second-order valence-electron chi connectivity index (χ2n) is 15.3. The molecule has 0 aliphatic rings. The molecule has 0 radical (unpaired) electrons. The summed E-state index contributed by atoms with van der Waals surface area (Å²) in [5, 5.41) is 23.0. The van der Waals surface area contributed by atoms with Crippen LogP contribution < -0.4 is 0 Å². The number of hydrogen-bond donors (Lipinski definition) is 2. The monoisotopic (exact) mass is 752 g/mol. The van der Waals surface area contributed by atoms with E-state index in [0.717, 1.165) is 83.1 Å². The summed E-state index contributed by atoms with van der Waals surface area (Å²) < 4.78 is 4.64. The average Bonchev–Trinajstić information content (AvgIpc) is 3.65. The van der Waals surface area contributed by atoms with Crippen LogP contribution in [0.5, 0.6) is 0 Å². The lowest BCUT2D eigenvalue weighted by Gasteiger charge is -2.13. The van der Waals surface area contributed by atoms with Crippen LogP contribution in [0.1, 0.15) is 139 Å². The van der Waals surface area contributed by atoms with E-state index >= 15 is 0 Å². The molecule has 7 nitrogen and oxygen atoms in total. The van der Waals surface area contributed by atoms with Gasteiger partial charge in [0.2, 0.25) is 0 Å². The number of carbonyl (C=O) groups excluding carboxylic acids is 1. The van der Waals surface area contributed by atoms with Gasteiger partial charge in [-0.15, -0.1) is 0 Å². The summed E-state index contributed by atoms with van der Waals surface area (Å²) >= 11 is 0. The zero-order valence-corrected chi connectivity index (χ0v) is 33.5. The number of unbranched alkanes of at least 4 members (excludes halogenated alkanes) is 10. The fraction of sp³-hybridized carbons (Fsp3) is 0.367. The molecule has 2 heterocycles. The van der Waals surface area contributed by atoms with Crippen molar-refractivity contribution in [2.45, 2.75) is 118 Å². The highest BCUT2D eigenvalue weighted by Crippen LogP contribution is 2.38. The van der Waals surface area contributed by atoms with Gasteiger partial charge in [0.1, 0.15) is 0 Å². The zero-order valence-electron chi connectivity index (χ0n) is 33.5. The Balaban J connectivity index is 1.33. The first-order valence-corrected chi connectivity index (χ1v) is 20.6. The van der Waals surface area contributed by atoms with Crippen molar-refractivity contribution in [3.8, 4) is 22.3 Å². The number of aromatic nitrogens is 2. The normalized spacial score (nSPS) is 11.5. The quantitative estimate of drug-likeness (QED) is 0.0597. The second-order valence-corrected chi connectivity index (χ2v) is 15.3. The number of aryl methyl sites for hydroxylation is 2. The van der Waals surface area contributed by atoms with Gasteiger partial charge in [-0.2, -0.15) is 0 Å². The maximum atomic E-state index is 14.2. The van der Waals surface area contributed by atoms with E-state index in [1.165, 1.54) is 51.4 Å². The number of carboxylic acids is 2. The van der Waals surface area contributed by atoms with E-state index in [1.807, 2.05) is 24.3 Å². The highest BCUT2D eigenvalue weighted by atomic mass is 16.4. The molecule has 6 rings (SSSR count). The Morgan fingerprint density at radius 2 is 0.857 bits per heavy atom. The first kappa shape index (κ1) is 40.2. The van der Waals surface area contributed by atoms with Crippen molar-refractivity contribution < 1.29 is 24.6 Å². The molecule has 0 saturated heterocycles. The van der Waals surface area contributed by atoms with Crippen molar-refractivity contribution in [3.05, 3.63) is 119 Å². The van der Waals surface area contributed by atoms with Crippen LogP contribution in [0.15, 0.2) is 84.9 Å². The van der Waals surface area contributed by atoms with Crippen molar-refractivity contribution in [2.24, 2.45) is 0 Å². The molecule has 0 unspecified atom stereocenters. The minimum absolute atomic E-state index is 0.0447. The Hall–Kier alpha value is -5.43. The number of nitrogens with zero attached hydrogens (tertiary/aromatic N) is 2. The number of para-hydroxylation sites is 2. The van der Waals surface area contributed by atoms with E-state index < -0.39 is 17.7 Å². The average molecular weight is 753 g/mol. The number of carbonyl (C=O) groups is 3. The Morgan fingerprint density at radius 3 is 1.25 bits per heavy atom. The van der Waals surface area contributed by atoms with Crippen molar-refractivity contribution in [2.75, 3.05) is 0 Å². The standard InChI is InChI=1S/C49H56N2O5/c1-5-7-9-11-13-19-29-50-33(3)45(39-21-15-17-23-43(39)50)35-25-27-37(41(31-35)48(53)54)47(52)38-28-26-36(32-42(38)49(55)56)46-34(4)51(30-20-14-12-10-8-6-2)44-24-18-16-22-40(44)46/h15-18,21-28,31-32H,5-14,19-20,29-30H2,1-4H3,(H,53,54)(H,55,56). The number of hydrogen-bond acceptors (Lipinski definition) is 3. The molecule has 292 valence electrons. The third-order valence-electron chi connectivity index (χ3n) is 11.5. The molecule has 0 amide bonds. The third kappa shape index (κ3) is 8.37. The first-order chi connectivity index (χ1) is 27.2. The molecule has 2 aromatic heterocycles.